The standard InChI is InChI=1S/C11H20N2O5/c1-3-12-8-5-18-4-7(8)10(15)13-9(6(2)14)11(16)17/h6-9,12,14H,3-5H2,1-2H3,(H,13,15)(H,16,17)/t6-,7?,8?,9+/m1/s1. The first-order valence-corrected chi connectivity index (χ1v) is 5.99. The molecule has 4 N–H and O–H groups in total. The van der Waals surface area contributed by atoms with Crippen LogP contribution in [0.2, 0.25) is 0 Å². The van der Waals surface area contributed by atoms with Gasteiger partial charge in [-0.3, -0.25) is 4.79 Å². The third-order valence-electron chi connectivity index (χ3n) is 2.93. The number of rotatable bonds is 6. The van der Waals surface area contributed by atoms with Crippen LogP contribution in [0, 0.1) is 5.92 Å². The quantitative estimate of drug-likeness (QED) is 0.466. The van der Waals surface area contributed by atoms with Gasteiger partial charge in [0.05, 0.1) is 25.2 Å². The van der Waals surface area contributed by atoms with Crippen LogP contribution in [0.15, 0.2) is 0 Å². The van der Waals surface area contributed by atoms with E-state index in [1.54, 1.807) is 0 Å². The van der Waals surface area contributed by atoms with Crippen molar-refractivity contribution in [3.63, 3.8) is 0 Å². The van der Waals surface area contributed by atoms with Crippen LogP contribution in [0.4, 0.5) is 0 Å². The van der Waals surface area contributed by atoms with E-state index in [4.69, 9.17) is 9.84 Å². The van der Waals surface area contributed by atoms with Crippen LogP contribution < -0.4 is 10.6 Å². The smallest absolute Gasteiger partial charge is 0.328 e. The topological polar surface area (TPSA) is 108 Å². The molecule has 1 rings (SSSR count). The van der Waals surface area contributed by atoms with Gasteiger partial charge in [-0.05, 0) is 13.5 Å². The Hall–Kier alpha value is -1.18. The van der Waals surface area contributed by atoms with Crippen LogP contribution in [0.1, 0.15) is 13.8 Å². The van der Waals surface area contributed by atoms with Crippen LogP contribution in [0.5, 0.6) is 0 Å². The van der Waals surface area contributed by atoms with Gasteiger partial charge in [0, 0.05) is 6.04 Å². The molecule has 1 heterocycles. The van der Waals surface area contributed by atoms with E-state index < -0.39 is 29.9 Å². The lowest BCUT2D eigenvalue weighted by Gasteiger charge is -2.22. The zero-order valence-electron chi connectivity index (χ0n) is 10.5. The fourth-order valence-corrected chi connectivity index (χ4v) is 1.93. The van der Waals surface area contributed by atoms with Crippen LogP contribution >= 0.6 is 0 Å². The molecule has 4 atom stereocenters. The van der Waals surface area contributed by atoms with E-state index in [0.717, 1.165) is 0 Å². The zero-order valence-corrected chi connectivity index (χ0v) is 10.5. The van der Waals surface area contributed by atoms with Crippen molar-refractivity contribution in [3.8, 4) is 0 Å². The van der Waals surface area contributed by atoms with Gasteiger partial charge >= 0.3 is 5.97 Å². The van der Waals surface area contributed by atoms with E-state index in [1.807, 2.05) is 6.92 Å². The second-order valence-corrected chi connectivity index (χ2v) is 4.37. The molecule has 0 bridgehead atoms. The molecule has 0 spiro atoms. The third-order valence-corrected chi connectivity index (χ3v) is 2.93. The Morgan fingerprint density at radius 1 is 1.44 bits per heavy atom. The SMILES string of the molecule is CCNC1COCC1C(=O)N[C@H](C(=O)O)[C@@H](C)O. The van der Waals surface area contributed by atoms with Crippen molar-refractivity contribution in [3.05, 3.63) is 0 Å². The van der Waals surface area contributed by atoms with E-state index in [1.165, 1.54) is 6.92 Å². The Morgan fingerprint density at radius 3 is 2.61 bits per heavy atom. The van der Waals surface area contributed by atoms with Crippen molar-refractivity contribution in [1.82, 2.24) is 10.6 Å². The average molecular weight is 260 g/mol. The number of ether oxygens (including phenoxy) is 1. The minimum absolute atomic E-state index is 0.113. The lowest BCUT2D eigenvalue weighted by atomic mass is 10.0. The molecule has 2 unspecified atom stereocenters. The molecular formula is C11H20N2O5. The predicted octanol–water partition coefficient (Wildman–Crippen LogP) is -1.44. The van der Waals surface area contributed by atoms with Gasteiger partial charge in [-0.2, -0.15) is 0 Å². The molecule has 0 radical (unpaired) electrons. The van der Waals surface area contributed by atoms with Crippen LogP contribution in [0.25, 0.3) is 0 Å². The summed E-state index contributed by atoms with van der Waals surface area (Å²) in [7, 11) is 0. The first kappa shape index (κ1) is 14.9. The van der Waals surface area contributed by atoms with E-state index in [0.29, 0.717) is 13.2 Å². The monoisotopic (exact) mass is 260 g/mol. The number of carboxylic acids is 1. The number of carboxylic acid groups (broad SMARTS) is 1. The van der Waals surface area contributed by atoms with Crippen LogP contribution in [0.3, 0.4) is 0 Å². The van der Waals surface area contributed by atoms with Gasteiger partial charge in [-0.1, -0.05) is 6.92 Å². The van der Waals surface area contributed by atoms with E-state index >= 15 is 0 Å². The average Bonchev–Trinajstić information content (AvgIpc) is 2.73. The molecule has 1 aliphatic heterocycles. The van der Waals surface area contributed by atoms with Crippen molar-refractivity contribution in [2.45, 2.75) is 32.0 Å². The maximum Gasteiger partial charge on any atom is 0.328 e. The minimum Gasteiger partial charge on any atom is -0.480 e. The highest BCUT2D eigenvalue weighted by atomic mass is 16.5. The first-order chi connectivity index (χ1) is 8.47. The summed E-state index contributed by atoms with van der Waals surface area (Å²) in [5.74, 6) is -2.09. The molecule has 1 saturated heterocycles. The highest BCUT2D eigenvalue weighted by Gasteiger charge is 2.36. The molecule has 0 aliphatic carbocycles. The number of amides is 1. The molecule has 0 aromatic rings. The lowest BCUT2D eigenvalue weighted by molar-refractivity contribution is -0.145. The minimum atomic E-state index is -1.29. The van der Waals surface area contributed by atoms with E-state index in [-0.39, 0.29) is 12.6 Å². The highest BCUT2D eigenvalue weighted by molar-refractivity contribution is 5.86. The Bertz CT molecular complexity index is 308. The molecule has 1 amide bonds. The van der Waals surface area contributed by atoms with Crippen molar-refractivity contribution < 1.29 is 24.5 Å². The summed E-state index contributed by atoms with van der Waals surface area (Å²) < 4.78 is 5.21. The lowest BCUT2D eigenvalue weighted by Crippen LogP contribution is -2.52. The second kappa shape index (κ2) is 6.67. The second-order valence-electron chi connectivity index (χ2n) is 4.37. The van der Waals surface area contributed by atoms with E-state index in [2.05, 4.69) is 10.6 Å². The Morgan fingerprint density at radius 2 is 2.11 bits per heavy atom. The van der Waals surface area contributed by atoms with Crippen molar-refractivity contribution in [1.29, 1.82) is 0 Å². The number of aliphatic hydroxyl groups excluding tert-OH is 1. The van der Waals surface area contributed by atoms with Gasteiger partial charge in [0.25, 0.3) is 0 Å². The molecule has 1 fully saturated rings. The Kier molecular flexibility index (Phi) is 5.52. The number of hydrogen-bond acceptors (Lipinski definition) is 5. The fourth-order valence-electron chi connectivity index (χ4n) is 1.93. The molecule has 0 aromatic heterocycles. The predicted molar refractivity (Wildman–Crippen MR) is 63.0 cm³/mol. The van der Waals surface area contributed by atoms with Gasteiger partial charge < -0.3 is 25.6 Å². The Labute approximate surface area is 106 Å². The molecule has 104 valence electrons. The molecule has 7 heteroatoms. The van der Waals surface area contributed by atoms with Gasteiger partial charge in [-0.15, -0.1) is 0 Å². The van der Waals surface area contributed by atoms with Crippen molar-refractivity contribution in [2.24, 2.45) is 5.92 Å². The maximum absolute atomic E-state index is 11.9. The van der Waals surface area contributed by atoms with Gasteiger partial charge in [0.15, 0.2) is 6.04 Å². The van der Waals surface area contributed by atoms with Gasteiger partial charge in [0.2, 0.25) is 5.91 Å². The normalized spacial score (nSPS) is 26.6. The molecule has 0 aromatic carbocycles. The van der Waals surface area contributed by atoms with Gasteiger partial charge in [-0.25, -0.2) is 4.79 Å². The number of carbonyl (C=O) groups is 2. The number of likely N-dealkylation sites (N-methyl/N-ethyl adjacent to an activating group) is 1. The molecule has 1 aliphatic rings. The number of aliphatic hydroxyl groups is 1. The van der Waals surface area contributed by atoms with Gasteiger partial charge in [0.1, 0.15) is 0 Å². The number of hydrogen-bond donors (Lipinski definition) is 4. The number of aliphatic carboxylic acids is 1. The third kappa shape index (κ3) is 3.66. The van der Waals surface area contributed by atoms with Crippen molar-refractivity contribution in [2.75, 3.05) is 19.8 Å². The fraction of sp³-hybridized carbons (Fsp3) is 0.818. The summed E-state index contributed by atoms with van der Waals surface area (Å²) in [5.41, 5.74) is 0. The van der Waals surface area contributed by atoms with E-state index in [9.17, 15) is 14.7 Å². The molecule has 18 heavy (non-hydrogen) atoms. The van der Waals surface area contributed by atoms with Crippen LogP contribution in [-0.2, 0) is 14.3 Å². The van der Waals surface area contributed by atoms with Crippen molar-refractivity contribution >= 4 is 11.9 Å². The summed E-state index contributed by atoms with van der Waals surface area (Å²) >= 11 is 0. The highest BCUT2D eigenvalue weighted by Crippen LogP contribution is 2.14. The Balaban J connectivity index is 2.60. The summed E-state index contributed by atoms with van der Waals surface area (Å²) in [6, 6.07) is -1.40. The number of nitrogens with one attached hydrogen (secondary N) is 2. The largest absolute Gasteiger partial charge is 0.480 e. The summed E-state index contributed by atoms with van der Waals surface area (Å²) in [6.45, 7) is 4.64. The molecule has 7 nitrogen and oxygen atoms in total. The summed E-state index contributed by atoms with van der Waals surface area (Å²) in [5, 5.41) is 23.6. The molecular weight excluding hydrogens is 240 g/mol. The first-order valence-electron chi connectivity index (χ1n) is 5.99. The number of carbonyl (C=O) groups excluding carboxylic acids is 1. The summed E-state index contributed by atoms with van der Waals surface area (Å²) in [4.78, 5) is 22.8. The zero-order chi connectivity index (χ0) is 13.7. The van der Waals surface area contributed by atoms with Crippen LogP contribution in [-0.4, -0.2) is 60.0 Å². The summed E-state index contributed by atoms with van der Waals surface area (Å²) in [6.07, 6.45) is -1.15. The maximum atomic E-state index is 11.9. The molecule has 0 saturated carbocycles.